The summed E-state index contributed by atoms with van der Waals surface area (Å²) in [6.07, 6.45) is 1.54. The van der Waals surface area contributed by atoms with Gasteiger partial charge in [0, 0.05) is 6.54 Å². The summed E-state index contributed by atoms with van der Waals surface area (Å²) in [7, 11) is 0. The van der Waals surface area contributed by atoms with Crippen molar-refractivity contribution >= 4 is 11.8 Å². The molecule has 0 N–H and O–H groups in total. The van der Waals surface area contributed by atoms with Crippen molar-refractivity contribution in [3.8, 4) is 22.3 Å². The number of imide groups is 1. The third-order valence-corrected chi connectivity index (χ3v) is 5.96. The van der Waals surface area contributed by atoms with E-state index in [-0.39, 0.29) is 11.8 Å². The number of aryl methyl sites for hydroxylation is 1. The quantitative estimate of drug-likeness (QED) is 0.348. The summed E-state index contributed by atoms with van der Waals surface area (Å²) in [4.78, 5) is 26.5. The highest BCUT2D eigenvalue weighted by molar-refractivity contribution is 6.21. The molecule has 32 heavy (non-hydrogen) atoms. The van der Waals surface area contributed by atoms with E-state index in [2.05, 4.69) is 72.8 Å². The predicted octanol–water partition coefficient (Wildman–Crippen LogP) is 6.25. The summed E-state index contributed by atoms with van der Waals surface area (Å²) in [6.45, 7) is 0.431. The number of nitrogens with zero attached hydrogens (tertiary/aromatic N) is 1. The first-order chi connectivity index (χ1) is 15.7. The molecule has 1 heterocycles. The van der Waals surface area contributed by atoms with Crippen LogP contribution in [0.15, 0.2) is 103 Å². The van der Waals surface area contributed by atoms with Gasteiger partial charge in [-0.3, -0.25) is 14.5 Å². The lowest BCUT2D eigenvalue weighted by Crippen LogP contribution is -2.30. The maximum atomic E-state index is 12.5. The molecule has 0 aromatic heterocycles. The number of rotatable bonds is 6. The molecule has 0 unspecified atom stereocenters. The van der Waals surface area contributed by atoms with E-state index in [4.69, 9.17) is 0 Å². The Morgan fingerprint density at radius 3 is 1.75 bits per heavy atom. The van der Waals surface area contributed by atoms with Gasteiger partial charge in [0.1, 0.15) is 0 Å². The standard InChI is InChI=1S/C29H23NO2/c31-28-26-16-4-5-17-27(26)29(32)30(28)18-8-10-21-9-6-13-23(19-21)25-15-7-14-24(20-25)22-11-2-1-3-12-22/h1-7,9,11-17,19-20H,8,10,18H2. The first kappa shape index (κ1) is 20.0. The molecule has 1 aliphatic rings. The van der Waals surface area contributed by atoms with Crippen LogP contribution in [0.5, 0.6) is 0 Å². The maximum absolute atomic E-state index is 12.5. The first-order valence-corrected chi connectivity index (χ1v) is 10.9. The molecule has 3 heteroatoms. The number of amides is 2. The summed E-state index contributed by atoms with van der Waals surface area (Å²) in [5.74, 6) is -0.367. The highest BCUT2D eigenvalue weighted by atomic mass is 16.2. The van der Waals surface area contributed by atoms with Crippen LogP contribution in [0.1, 0.15) is 32.7 Å². The Kier molecular flexibility index (Phi) is 5.39. The van der Waals surface area contributed by atoms with Gasteiger partial charge in [0.2, 0.25) is 0 Å². The second-order valence-electron chi connectivity index (χ2n) is 8.06. The molecule has 3 nitrogen and oxygen atoms in total. The van der Waals surface area contributed by atoms with Gasteiger partial charge >= 0.3 is 0 Å². The van der Waals surface area contributed by atoms with E-state index in [0.717, 1.165) is 12.8 Å². The van der Waals surface area contributed by atoms with Crippen LogP contribution in [0.3, 0.4) is 0 Å². The molecule has 4 aromatic rings. The third kappa shape index (κ3) is 3.85. The van der Waals surface area contributed by atoms with Gasteiger partial charge in [-0.1, -0.05) is 84.9 Å². The minimum absolute atomic E-state index is 0.183. The highest BCUT2D eigenvalue weighted by Crippen LogP contribution is 2.27. The molecule has 0 radical (unpaired) electrons. The van der Waals surface area contributed by atoms with Gasteiger partial charge in [-0.05, 0) is 58.9 Å². The van der Waals surface area contributed by atoms with Gasteiger partial charge < -0.3 is 0 Å². The maximum Gasteiger partial charge on any atom is 0.261 e. The topological polar surface area (TPSA) is 37.4 Å². The molecule has 0 aliphatic carbocycles. The average Bonchev–Trinajstić information content (AvgIpc) is 3.10. The van der Waals surface area contributed by atoms with E-state index in [1.807, 2.05) is 6.07 Å². The van der Waals surface area contributed by atoms with Crippen LogP contribution in [0.2, 0.25) is 0 Å². The molecule has 2 amide bonds. The fraction of sp³-hybridized carbons (Fsp3) is 0.103. The smallest absolute Gasteiger partial charge is 0.261 e. The molecule has 1 aliphatic heterocycles. The fourth-order valence-corrected chi connectivity index (χ4v) is 4.30. The van der Waals surface area contributed by atoms with Crippen LogP contribution in [0, 0.1) is 0 Å². The van der Waals surface area contributed by atoms with Crippen molar-refractivity contribution in [2.75, 3.05) is 6.54 Å². The van der Waals surface area contributed by atoms with Crippen molar-refractivity contribution in [2.45, 2.75) is 12.8 Å². The Labute approximate surface area is 188 Å². The average molecular weight is 418 g/mol. The molecule has 4 aromatic carbocycles. The van der Waals surface area contributed by atoms with Gasteiger partial charge in [-0.15, -0.1) is 0 Å². The molecule has 5 rings (SSSR count). The summed E-state index contributed by atoms with van der Waals surface area (Å²) in [5, 5.41) is 0. The van der Waals surface area contributed by atoms with Gasteiger partial charge in [0.05, 0.1) is 11.1 Å². The molecule has 0 bridgehead atoms. The zero-order valence-corrected chi connectivity index (χ0v) is 17.7. The Morgan fingerprint density at radius 2 is 1.06 bits per heavy atom. The number of carbonyl (C=O) groups is 2. The molecular weight excluding hydrogens is 394 g/mol. The Balaban J connectivity index is 1.28. The van der Waals surface area contributed by atoms with E-state index in [1.165, 1.54) is 32.7 Å². The number of benzene rings is 4. The van der Waals surface area contributed by atoms with Crippen molar-refractivity contribution in [3.63, 3.8) is 0 Å². The van der Waals surface area contributed by atoms with Crippen LogP contribution >= 0.6 is 0 Å². The van der Waals surface area contributed by atoms with E-state index < -0.39 is 0 Å². The number of hydrogen-bond donors (Lipinski definition) is 0. The number of hydrogen-bond acceptors (Lipinski definition) is 2. The second kappa shape index (κ2) is 8.64. The molecule has 0 saturated carbocycles. The van der Waals surface area contributed by atoms with Crippen molar-refractivity contribution < 1.29 is 9.59 Å². The molecule has 0 spiro atoms. The SMILES string of the molecule is O=C1c2ccccc2C(=O)N1CCCc1cccc(-c2cccc(-c3ccccc3)c2)c1. The van der Waals surface area contributed by atoms with Crippen molar-refractivity contribution in [1.29, 1.82) is 0 Å². The van der Waals surface area contributed by atoms with Crippen molar-refractivity contribution in [1.82, 2.24) is 4.90 Å². The van der Waals surface area contributed by atoms with Gasteiger partial charge in [0.25, 0.3) is 11.8 Å². The van der Waals surface area contributed by atoms with Gasteiger partial charge in [0.15, 0.2) is 0 Å². The monoisotopic (exact) mass is 417 g/mol. The molecule has 0 saturated heterocycles. The lowest BCUT2D eigenvalue weighted by atomic mass is 9.97. The molecule has 156 valence electrons. The van der Waals surface area contributed by atoms with Crippen LogP contribution in [-0.2, 0) is 6.42 Å². The van der Waals surface area contributed by atoms with Crippen molar-refractivity contribution in [2.24, 2.45) is 0 Å². The van der Waals surface area contributed by atoms with Crippen LogP contribution in [0.25, 0.3) is 22.3 Å². The molecule has 0 fully saturated rings. The number of fused-ring (bicyclic) bond motifs is 1. The van der Waals surface area contributed by atoms with Crippen molar-refractivity contribution in [3.05, 3.63) is 120 Å². The third-order valence-electron chi connectivity index (χ3n) is 5.96. The number of carbonyl (C=O) groups excluding carboxylic acids is 2. The Morgan fingerprint density at radius 1 is 0.531 bits per heavy atom. The summed E-state index contributed by atoms with van der Waals surface area (Å²) < 4.78 is 0. The lowest BCUT2D eigenvalue weighted by Gasteiger charge is -2.14. The van der Waals surface area contributed by atoms with Gasteiger partial charge in [-0.2, -0.15) is 0 Å². The largest absolute Gasteiger partial charge is 0.274 e. The van der Waals surface area contributed by atoms with Gasteiger partial charge in [-0.25, -0.2) is 0 Å². The second-order valence-corrected chi connectivity index (χ2v) is 8.06. The van der Waals surface area contributed by atoms with E-state index in [0.29, 0.717) is 17.7 Å². The molecule has 0 atom stereocenters. The Bertz CT molecular complexity index is 1260. The summed E-state index contributed by atoms with van der Waals surface area (Å²) in [6, 6.07) is 34.5. The zero-order valence-electron chi connectivity index (χ0n) is 17.7. The summed E-state index contributed by atoms with van der Waals surface area (Å²) >= 11 is 0. The normalized spacial score (nSPS) is 12.8. The lowest BCUT2D eigenvalue weighted by molar-refractivity contribution is 0.0652. The Hall–Kier alpha value is -3.98. The minimum atomic E-state index is -0.183. The highest BCUT2D eigenvalue weighted by Gasteiger charge is 2.34. The van der Waals surface area contributed by atoms with Crippen LogP contribution < -0.4 is 0 Å². The summed E-state index contributed by atoms with van der Waals surface area (Å²) in [5.41, 5.74) is 6.96. The zero-order chi connectivity index (χ0) is 21.9. The van der Waals surface area contributed by atoms with E-state index in [1.54, 1.807) is 24.3 Å². The first-order valence-electron chi connectivity index (χ1n) is 10.9. The van der Waals surface area contributed by atoms with Crippen LogP contribution in [-0.4, -0.2) is 23.3 Å². The predicted molar refractivity (Wildman–Crippen MR) is 127 cm³/mol. The van der Waals surface area contributed by atoms with Crippen LogP contribution in [0.4, 0.5) is 0 Å². The minimum Gasteiger partial charge on any atom is -0.274 e. The van der Waals surface area contributed by atoms with E-state index >= 15 is 0 Å². The molecular formula is C29H23NO2. The van der Waals surface area contributed by atoms with E-state index in [9.17, 15) is 9.59 Å². The fourth-order valence-electron chi connectivity index (χ4n) is 4.30.